The zero-order chi connectivity index (χ0) is 16.6. The Labute approximate surface area is 136 Å². The highest BCUT2D eigenvalue weighted by molar-refractivity contribution is 5.84. The van der Waals surface area contributed by atoms with Crippen molar-refractivity contribution in [3.63, 3.8) is 0 Å². The van der Waals surface area contributed by atoms with E-state index >= 15 is 0 Å². The second kappa shape index (κ2) is 6.13. The molecule has 0 aliphatic rings. The molecule has 0 saturated carbocycles. The predicted octanol–water partition coefficient (Wildman–Crippen LogP) is 3.83. The van der Waals surface area contributed by atoms with E-state index in [0.717, 1.165) is 39.1 Å². The smallest absolute Gasteiger partial charge is 0.0917 e. The first-order chi connectivity index (χ1) is 11.0. The Morgan fingerprint density at radius 2 is 1.96 bits per heavy atom. The third-order valence-corrected chi connectivity index (χ3v) is 4.22. The van der Waals surface area contributed by atoms with Gasteiger partial charge in [0.15, 0.2) is 0 Å². The average Bonchev–Trinajstić information content (AvgIpc) is 2.82. The number of aromatic nitrogens is 3. The molecule has 4 heteroatoms. The molecule has 23 heavy (non-hydrogen) atoms. The quantitative estimate of drug-likeness (QED) is 0.797. The molecular weight excluding hydrogens is 286 g/mol. The van der Waals surface area contributed by atoms with Crippen LogP contribution in [-0.2, 0) is 6.54 Å². The van der Waals surface area contributed by atoms with Crippen LogP contribution in [0.25, 0.3) is 22.3 Å². The summed E-state index contributed by atoms with van der Waals surface area (Å²) in [7, 11) is 0. The first kappa shape index (κ1) is 15.7. The Bertz CT molecular complexity index is 832. The minimum absolute atomic E-state index is 0.130. The summed E-state index contributed by atoms with van der Waals surface area (Å²) in [5.74, 6) is 0.426. The number of nitrogens with zero attached hydrogens (tertiary/aromatic N) is 3. The lowest BCUT2D eigenvalue weighted by atomic mass is 10.0. The highest BCUT2D eigenvalue weighted by Gasteiger charge is 2.12. The van der Waals surface area contributed by atoms with Gasteiger partial charge in [0.2, 0.25) is 0 Å². The van der Waals surface area contributed by atoms with Gasteiger partial charge in [-0.1, -0.05) is 13.8 Å². The molecule has 120 valence electrons. The van der Waals surface area contributed by atoms with Crippen LogP contribution in [0.4, 0.5) is 0 Å². The van der Waals surface area contributed by atoms with Gasteiger partial charge in [-0.05, 0) is 49.1 Å². The number of aliphatic hydroxyl groups excluding tert-OH is 1. The Balaban J connectivity index is 2.11. The summed E-state index contributed by atoms with van der Waals surface area (Å²) in [4.78, 5) is 9.43. The number of aryl methyl sites for hydroxylation is 2. The molecule has 0 aliphatic heterocycles. The summed E-state index contributed by atoms with van der Waals surface area (Å²) < 4.78 is 2.06. The lowest BCUT2D eigenvalue weighted by Gasteiger charge is -2.09. The molecule has 0 amide bonds. The third-order valence-electron chi connectivity index (χ3n) is 4.22. The largest absolute Gasteiger partial charge is 0.395 e. The maximum absolute atomic E-state index is 9.21. The fourth-order valence-corrected chi connectivity index (χ4v) is 2.94. The predicted molar refractivity (Wildman–Crippen MR) is 93.6 cm³/mol. The molecule has 0 aromatic carbocycles. The Morgan fingerprint density at radius 3 is 2.57 bits per heavy atom. The Hall–Kier alpha value is -2.20. The molecule has 0 spiro atoms. The zero-order valence-corrected chi connectivity index (χ0v) is 14.2. The Kier molecular flexibility index (Phi) is 4.18. The molecular formula is C19H23N3O. The van der Waals surface area contributed by atoms with E-state index in [2.05, 4.69) is 61.6 Å². The van der Waals surface area contributed by atoms with Crippen molar-refractivity contribution >= 4 is 11.0 Å². The summed E-state index contributed by atoms with van der Waals surface area (Å²) in [6.45, 7) is 9.14. The minimum atomic E-state index is 0.130. The van der Waals surface area contributed by atoms with Crippen LogP contribution in [0.15, 0.2) is 30.6 Å². The molecule has 4 nitrogen and oxygen atoms in total. The molecule has 3 aromatic heterocycles. The van der Waals surface area contributed by atoms with E-state index in [1.807, 2.05) is 6.20 Å². The van der Waals surface area contributed by atoms with Gasteiger partial charge >= 0.3 is 0 Å². The van der Waals surface area contributed by atoms with Crippen LogP contribution >= 0.6 is 0 Å². The van der Waals surface area contributed by atoms with Gasteiger partial charge < -0.3 is 9.67 Å². The van der Waals surface area contributed by atoms with Gasteiger partial charge in [0, 0.05) is 30.2 Å². The normalized spacial score (nSPS) is 11.6. The second-order valence-electron chi connectivity index (χ2n) is 6.38. The van der Waals surface area contributed by atoms with Crippen molar-refractivity contribution in [1.29, 1.82) is 0 Å². The lowest BCUT2D eigenvalue weighted by molar-refractivity contribution is 0.278. The van der Waals surface area contributed by atoms with Crippen molar-refractivity contribution in [2.24, 2.45) is 0 Å². The fraction of sp³-hybridized carbons (Fsp3) is 0.368. The van der Waals surface area contributed by atoms with E-state index in [1.54, 1.807) is 0 Å². The summed E-state index contributed by atoms with van der Waals surface area (Å²) in [5, 5.41) is 9.21. The highest BCUT2D eigenvalue weighted by Crippen LogP contribution is 2.28. The van der Waals surface area contributed by atoms with E-state index in [0.29, 0.717) is 12.5 Å². The molecule has 3 aromatic rings. The molecule has 0 fully saturated rings. The second-order valence-corrected chi connectivity index (χ2v) is 6.38. The van der Waals surface area contributed by atoms with Crippen molar-refractivity contribution in [1.82, 2.24) is 14.5 Å². The lowest BCUT2D eigenvalue weighted by Crippen LogP contribution is -2.01. The number of pyridine rings is 2. The van der Waals surface area contributed by atoms with E-state index in [1.165, 1.54) is 0 Å². The topological polar surface area (TPSA) is 50.9 Å². The number of hydrogen-bond acceptors (Lipinski definition) is 3. The molecule has 0 atom stereocenters. The summed E-state index contributed by atoms with van der Waals surface area (Å²) >= 11 is 0. The van der Waals surface area contributed by atoms with E-state index in [-0.39, 0.29) is 6.61 Å². The van der Waals surface area contributed by atoms with Gasteiger partial charge in [0.25, 0.3) is 0 Å². The van der Waals surface area contributed by atoms with E-state index in [4.69, 9.17) is 4.98 Å². The van der Waals surface area contributed by atoms with E-state index in [9.17, 15) is 5.11 Å². The van der Waals surface area contributed by atoms with E-state index < -0.39 is 0 Å². The van der Waals surface area contributed by atoms with Crippen molar-refractivity contribution in [3.05, 3.63) is 47.4 Å². The Morgan fingerprint density at radius 1 is 1.17 bits per heavy atom. The molecule has 0 bridgehead atoms. The highest BCUT2D eigenvalue weighted by atomic mass is 16.3. The summed E-state index contributed by atoms with van der Waals surface area (Å²) in [6, 6.07) is 6.33. The summed E-state index contributed by atoms with van der Waals surface area (Å²) in [5.41, 5.74) is 7.43. The van der Waals surface area contributed by atoms with Crippen LogP contribution < -0.4 is 0 Å². The van der Waals surface area contributed by atoms with Gasteiger partial charge in [-0.15, -0.1) is 0 Å². The maximum atomic E-state index is 9.21. The number of aliphatic hydroxyl groups is 1. The standard InChI is InChI=1S/C19H23N3O/c1-12(2)16-6-5-15(10-20-16)18-13(3)9-17-19(21-18)14(4)11-22(17)7-8-23/h5-6,9-12,23H,7-8H2,1-4H3. The van der Waals surface area contributed by atoms with Gasteiger partial charge in [-0.2, -0.15) is 0 Å². The van der Waals surface area contributed by atoms with Gasteiger partial charge in [0.05, 0.1) is 23.3 Å². The minimum Gasteiger partial charge on any atom is -0.395 e. The molecule has 0 radical (unpaired) electrons. The van der Waals surface area contributed by atoms with Crippen LogP contribution in [0.3, 0.4) is 0 Å². The molecule has 3 rings (SSSR count). The monoisotopic (exact) mass is 309 g/mol. The van der Waals surface area contributed by atoms with Crippen LogP contribution in [0.5, 0.6) is 0 Å². The van der Waals surface area contributed by atoms with Crippen molar-refractivity contribution in [2.45, 2.75) is 40.2 Å². The average molecular weight is 309 g/mol. The van der Waals surface area contributed by atoms with Crippen LogP contribution in [-0.4, -0.2) is 26.2 Å². The molecule has 0 unspecified atom stereocenters. The van der Waals surface area contributed by atoms with Crippen molar-refractivity contribution in [3.8, 4) is 11.3 Å². The fourth-order valence-electron chi connectivity index (χ4n) is 2.94. The molecule has 1 N–H and O–H groups in total. The van der Waals surface area contributed by atoms with Gasteiger partial charge in [-0.25, -0.2) is 4.98 Å². The number of hydrogen-bond donors (Lipinski definition) is 1. The number of fused-ring (bicyclic) bond motifs is 1. The summed E-state index contributed by atoms with van der Waals surface area (Å²) in [6.07, 6.45) is 3.97. The first-order valence-electron chi connectivity index (χ1n) is 8.05. The first-order valence-corrected chi connectivity index (χ1v) is 8.05. The molecule has 3 heterocycles. The molecule has 0 saturated heterocycles. The van der Waals surface area contributed by atoms with Crippen molar-refractivity contribution < 1.29 is 5.11 Å². The maximum Gasteiger partial charge on any atom is 0.0917 e. The SMILES string of the molecule is Cc1cc2c(nc1-c1ccc(C(C)C)nc1)c(C)cn2CCO. The third kappa shape index (κ3) is 2.86. The molecule has 0 aliphatic carbocycles. The van der Waals surface area contributed by atoms with Crippen LogP contribution in [0.2, 0.25) is 0 Å². The van der Waals surface area contributed by atoms with Gasteiger partial charge in [-0.3, -0.25) is 4.98 Å². The number of rotatable bonds is 4. The van der Waals surface area contributed by atoms with Crippen LogP contribution in [0, 0.1) is 13.8 Å². The van der Waals surface area contributed by atoms with Gasteiger partial charge in [0.1, 0.15) is 0 Å². The van der Waals surface area contributed by atoms with Crippen molar-refractivity contribution in [2.75, 3.05) is 6.61 Å². The van der Waals surface area contributed by atoms with Crippen LogP contribution in [0.1, 0.15) is 36.6 Å². The zero-order valence-electron chi connectivity index (χ0n) is 14.2.